The average Bonchev–Trinajstić information content (AvgIpc) is 2.49. The Labute approximate surface area is 127 Å². The zero-order valence-corrected chi connectivity index (χ0v) is 12.4. The molecule has 6 heteroatoms. The molecule has 2 aromatic rings. The molecule has 0 atom stereocenters. The Morgan fingerprint density at radius 2 is 1.76 bits per heavy atom. The van der Waals surface area contributed by atoms with Gasteiger partial charge in [-0.05, 0) is 12.1 Å². The van der Waals surface area contributed by atoms with Crippen LogP contribution in [0.2, 0.25) is 5.02 Å². The van der Waals surface area contributed by atoms with E-state index in [1.54, 1.807) is 36.4 Å². The van der Waals surface area contributed by atoms with Crippen molar-refractivity contribution in [2.24, 2.45) is 0 Å². The molecular weight excluding hydrogens is 292 g/mol. The van der Waals surface area contributed by atoms with Crippen LogP contribution in [0.15, 0.2) is 36.4 Å². The molecule has 0 spiro atoms. The second-order valence-electron chi connectivity index (χ2n) is 4.26. The molecule has 0 unspecified atom stereocenters. The maximum atomic E-state index is 12.3. The van der Waals surface area contributed by atoms with Crippen LogP contribution >= 0.6 is 11.6 Å². The van der Waals surface area contributed by atoms with Gasteiger partial charge in [-0.2, -0.15) is 0 Å². The maximum absolute atomic E-state index is 12.3. The maximum Gasteiger partial charge on any atom is 0.257 e. The van der Waals surface area contributed by atoms with Gasteiger partial charge in [-0.15, -0.1) is 0 Å². The lowest BCUT2D eigenvalue weighted by Crippen LogP contribution is -2.13. The normalized spacial score (nSPS) is 10.0. The van der Waals surface area contributed by atoms with E-state index >= 15 is 0 Å². The number of nitrogen functional groups attached to an aromatic ring is 1. The van der Waals surface area contributed by atoms with Gasteiger partial charge in [0, 0.05) is 23.9 Å². The van der Waals surface area contributed by atoms with Crippen molar-refractivity contribution in [3.8, 4) is 11.5 Å². The lowest BCUT2D eigenvalue weighted by atomic mass is 10.2. The van der Waals surface area contributed by atoms with Crippen LogP contribution in [0, 0.1) is 0 Å². The topological polar surface area (TPSA) is 73.6 Å². The number of nitrogens with two attached hydrogens (primary N) is 1. The summed E-state index contributed by atoms with van der Waals surface area (Å²) < 4.78 is 10.3. The van der Waals surface area contributed by atoms with Crippen molar-refractivity contribution in [3.63, 3.8) is 0 Å². The Hall–Kier alpha value is -2.40. The van der Waals surface area contributed by atoms with Crippen LogP contribution in [-0.2, 0) is 0 Å². The van der Waals surface area contributed by atoms with Crippen LogP contribution in [-0.4, -0.2) is 20.1 Å². The van der Waals surface area contributed by atoms with E-state index < -0.39 is 0 Å². The van der Waals surface area contributed by atoms with Crippen molar-refractivity contribution in [1.29, 1.82) is 0 Å². The van der Waals surface area contributed by atoms with Crippen molar-refractivity contribution in [1.82, 2.24) is 0 Å². The fourth-order valence-electron chi connectivity index (χ4n) is 1.80. The van der Waals surface area contributed by atoms with Crippen molar-refractivity contribution < 1.29 is 14.3 Å². The fraction of sp³-hybridized carbons (Fsp3) is 0.133. The molecular formula is C15H15ClN2O3. The first-order valence-electron chi connectivity index (χ1n) is 6.13. The van der Waals surface area contributed by atoms with Gasteiger partial charge in [0.15, 0.2) is 0 Å². The van der Waals surface area contributed by atoms with Gasteiger partial charge < -0.3 is 20.5 Å². The van der Waals surface area contributed by atoms with E-state index in [1.165, 1.54) is 14.2 Å². The zero-order chi connectivity index (χ0) is 15.4. The van der Waals surface area contributed by atoms with Gasteiger partial charge >= 0.3 is 0 Å². The molecule has 2 rings (SSSR count). The summed E-state index contributed by atoms with van der Waals surface area (Å²) in [5.74, 6) is 0.786. The van der Waals surface area contributed by atoms with Gasteiger partial charge in [-0.25, -0.2) is 0 Å². The zero-order valence-electron chi connectivity index (χ0n) is 11.6. The number of hydrogen-bond donors (Lipinski definition) is 2. The van der Waals surface area contributed by atoms with Crippen molar-refractivity contribution >= 4 is 28.9 Å². The molecule has 0 saturated heterocycles. The third kappa shape index (κ3) is 3.38. The average molecular weight is 307 g/mol. The minimum Gasteiger partial charge on any atom is -0.497 e. The summed E-state index contributed by atoms with van der Waals surface area (Å²) in [6, 6.07) is 9.98. The monoisotopic (exact) mass is 306 g/mol. The fourth-order valence-corrected chi connectivity index (χ4v) is 2.02. The number of carbonyl (C=O) groups excluding carboxylic acids is 1. The second-order valence-corrected chi connectivity index (χ2v) is 4.64. The molecule has 1 amide bonds. The second kappa shape index (κ2) is 6.37. The van der Waals surface area contributed by atoms with Crippen LogP contribution < -0.4 is 20.5 Å². The predicted octanol–water partition coefficient (Wildman–Crippen LogP) is 3.19. The van der Waals surface area contributed by atoms with E-state index in [2.05, 4.69) is 5.32 Å². The first-order chi connectivity index (χ1) is 10.0. The molecule has 0 bridgehead atoms. The number of amides is 1. The van der Waals surface area contributed by atoms with Crippen LogP contribution in [0.4, 0.5) is 11.4 Å². The molecule has 110 valence electrons. The summed E-state index contributed by atoms with van der Waals surface area (Å²) in [6.45, 7) is 0. The number of hydrogen-bond acceptors (Lipinski definition) is 4. The van der Waals surface area contributed by atoms with Crippen molar-refractivity contribution in [2.45, 2.75) is 0 Å². The van der Waals surface area contributed by atoms with Gasteiger partial charge in [-0.1, -0.05) is 17.7 Å². The summed E-state index contributed by atoms with van der Waals surface area (Å²) in [6.07, 6.45) is 0. The van der Waals surface area contributed by atoms with E-state index in [9.17, 15) is 4.79 Å². The van der Waals surface area contributed by atoms with E-state index in [4.69, 9.17) is 26.8 Å². The quantitative estimate of drug-likeness (QED) is 0.851. The number of halogens is 1. The Morgan fingerprint density at radius 1 is 1.14 bits per heavy atom. The predicted molar refractivity (Wildman–Crippen MR) is 83.4 cm³/mol. The standard InChI is InChI=1S/C15H15ClN2O3/c1-20-10-6-9(7-11(8-10)21-2)18-15(19)12-4-3-5-13(17)14(12)16/h3-8H,17H2,1-2H3,(H,18,19). The van der Waals surface area contributed by atoms with Crippen LogP contribution in [0.25, 0.3) is 0 Å². The smallest absolute Gasteiger partial charge is 0.257 e. The first-order valence-corrected chi connectivity index (χ1v) is 6.51. The minimum atomic E-state index is -0.359. The molecule has 0 aromatic heterocycles. The highest BCUT2D eigenvalue weighted by Gasteiger charge is 2.13. The molecule has 0 radical (unpaired) electrons. The number of benzene rings is 2. The molecule has 5 nitrogen and oxygen atoms in total. The molecule has 3 N–H and O–H groups in total. The molecule has 0 fully saturated rings. The number of carbonyl (C=O) groups is 1. The largest absolute Gasteiger partial charge is 0.497 e. The molecule has 2 aromatic carbocycles. The van der Waals surface area contributed by atoms with E-state index in [1.807, 2.05) is 0 Å². The highest BCUT2D eigenvalue weighted by atomic mass is 35.5. The summed E-state index contributed by atoms with van der Waals surface area (Å²) in [5.41, 5.74) is 6.89. The van der Waals surface area contributed by atoms with E-state index in [0.717, 1.165) is 0 Å². The Kier molecular flexibility index (Phi) is 4.55. The SMILES string of the molecule is COc1cc(NC(=O)c2cccc(N)c2Cl)cc(OC)c1. The van der Waals surface area contributed by atoms with Gasteiger partial charge in [-0.3, -0.25) is 4.79 Å². The lowest BCUT2D eigenvalue weighted by molar-refractivity contribution is 0.102. The van der Waals surface area contributed by atoms with E-state index in [0.29, 0.717) is 28.4 Å². The van der Waals surface area contributed by atoms with Gasteiger partial charge in [0.2, 0.25) is 0 Å². The third-order valence-electron chi connectivity index (χ3n) is 2.88. The van der Waals surface area contributed by atoms with Gasteiger partial charge in [0.05, 0.1) is 30.5 Å². The number of rotatable bonds is 4. The minimum absolute atomic E-state index is 0.227. The number of anilines is 2. The Bertz CT molecular complexity index is 652. The van der Waals surface area contributed by atoms with Crippen LogP contribution in [0.1, 0.15) is 10.4 Å². The van der Waals surface area contributed by atoms with Crippen molar-refractivity contribution in [2.75, 3.05) is 25.3 Å². The molecule has 0 saturated carbocycles. The molecule has 0 aliphatic carbocycles. The number of methoxy groups -OCH3 is 2. The first kappa shape index (κ1) is 15.0. The highest BCUT2D eigenvalue weighted by molar-refractivity contribution is 6.36. The lowest BCUT2D eigenvalue weighted by Gasteiger charge is -2.11. The molecule has 0 heterocycles. The number of nitrogens with one attached hydrogen (secondary N) is 1. The molecule has 21 heavy (non-hydrogen) atoms. The Balaban J connectivity index is 2.29. The number of ether oxygens (including phenoxy) is 2. The van der Waals surface area contributed by atoms with E-state index in [-0.39, 0.29) is 10.9 Å². The van der Waals surface area contributed by atoms with Crippen LogP contribution in [0.3, 0.4) is 0 Å². The van der Waals surface area contributed by atoms with Gasteiger partial charge in [0.25, 0.3) is 5.91 Å². The van der Waals surface area contributed by atoms with Crippen LogP contribution in [0.5, 0.6) is 11.5 Å². The molecule has 0 aliphatic heterocycles. The third-order valence-corrected chi connectivity index (χ3v) is 3.30. The highest BCUT2D eigenvalue weighted by Crippen LogP contribution is 2.28. The Morgan fingerprint density at radius 3 is 2.33 bits per heavy atom. The summed E-state index contributed by atoms with van der Waals surface area (Å²) in [5, 5.41) is 2.96. The summed E-state index contributed by atoms with van der Waals surface area (Å²) >= 11 is 6.04. The van der Waals surface area contributed by atoms with Crippen molar-refractivity contribution in [3.05, 3.63) is 47.0 Å². The summed E-state index contributed by atoms with van der Waals surface area (Å²) in [7, 11) is 3.07. The molecule has 0 aliphatic rings. The summed E-state index contributed by atoms with van der Waals surface area (Å²) in [4.78, 5) is 12.3. The van der Waals surface area contributed by atoms with Gasteiger partial charge in [0.1, 0.15) is 11.5 Å².